The molecule has 0 unspecified atom stereocenters. The van der Waals surface area contributed by atoms with Crippen LogP contribution in [0.4, 0.5) is 0 Å². The van der Waals surface area contributed by atoms with Crippen molar-refractivity contribution in [1.82, 2.24) is 9.55 Å². The van der Waals surface area contributed by atoms with Crippen LogP contribution in [0.3, 0.4) is 0 Å². The normalized spacial score (nSPS) is 13.4. The minimum atomic E-state index is -0.133. The van der Waals surface area contributed by atoms with Gasteiger partial charge in [0.05, 0.1) is 16.7 Å². The molecule has 0 spiro atoms. The van der Waals surface area contributed by atoms with E-state index in [1.165, 1.54) is 71.2 Å². The van der Waals surface area contributed by atoms with Gasteiger partial charge in [-0.25, -0.2) is 4.98 Å². The summed E-state index contributed by atoms with van der Waals surface area (Å²) in [6, 6.07) is 57.4. The summed E-state index contributed by atoms with van der Waals surface area (Å²) in [6.07, 6.45) is 0. The molecule has 0 radical (unpaired) electrons. The summed E-state index contributed by atoms with van der Waals surface area (Å²) in [5.41, 5.74) is 12.0. The zero-order valence-electron chi connectivity index (χ0n) is 26.9. The second-order valence-corrected chi connectivity index (χ2v) is 13.6. The first-order chi connectivity index (χ1) is 23.6. The molecule has 0 saturated heterocycles. The number of pyridine rings is 1. The van der Waals surface area contributed by atoms with Crippen LogP contribution in [0.25, 0.3) is 82.7 Å². The molecule has 0 aliphatic heterocycles. The molecule has 226 valence electrons. The highest BCUT2D eigenvalue weighted by molar-refractivity contribution is 6.26. The predicted octanol–water partition coefficient (Wildman–Crippen LogP) is 12.1. The average Bonchev–Trinajstić information content (AvgIpc) is 3.48. The van der Waals surface area contributed by atoms with Crippen LogP contribution >= 0.6 is 0 Å². The van der Waals surface area contributed by atoms with E-state index in [0.29, 0.717) is 0 Å². The van der Waals surface area contributed by atoms with E-state index in [9.17, 15) is 0 Å². The molecule has 2 nitrogen and oxygen atoms in total. The third kappa shape index (κ3) is 3.77. The van der Waals surface area contributed by atoms with Crippen molar-refractivity contribution in [1.29, 1.82) is 0 Å². The first kappa shape index (κ1) is 27.2. The molecule has 0 N–H and O–H groups in total. The summed E-state index contributed by atoms with van der Waals surface area (Å²) in [6.45, 7) is 4.74. The maximum absolute atomic E-state index is 5.52. The van der Waals surface area contributed by atoms with E-state index in [4.69, 9.17) is 4.98 Å². The predicted molar refractivity (Wildman–Crippen MR) is 202 cm³/mol. The number of hydrogen-bond donors (Lipinski definition) is 0. The number of fused-ring (bicyclic) bond motifs is 8. The number of hydrogen-bond acceptors (Lipinski definition) is 1. The van der Waals surface area contributed by atoms with Gasteiger partial charge < -0.3 is 0 Å². The summed E-state index contributed by atoms with van der Waals surface area (Å²) in [5, 5.41) is 7.54. The highest BCUT2D eigenvalue weighted by atomic mass is 15.1. The van der Waals surface area contributed by atoms with Gasteiger partial charge in [-0.2, -0.15) is 0 Å². The zero-order chi connectivity index (χ0) is 32.0. The summed E-state index contributed by atoms with van der Waals surface area (Å²) in [5.74, 6) is 0.918. The van der Waals surface area contributed by atoms with Gasteiger partial charge >= 0.3 is 0 Å². The first-order valence-corrected chi connectivity index (χ1v) is 16.7. The Morgan fingerprint density at radius 3 is 2.00 bits per heavy atom. The largest absolute Gasteiger partial charge is 0.292 e. The van der Waals surface area contributed by atoms with Crippen LogP contribution in [0.5, 0.6) is 0 Å². The van der Waals surface area contributed by atoms with Crippen LogP contribution in [-0.4, -0.2) is 9.55 Å². The lowest BCUT2D eigenvalue weighted by molar-refractivity contribution is 0.645. The number of nitrogens with zero attached hydrogens (tertiary/aromatic N) is 2. The van der Waals surface area contributed by atoms with Gasteiger partial charge in [0, 0.05) is 32.7 Å². The highest BCUT2D eigenvalue weighted by Gasteiger charge is 2.35. The van der Waals surface area contributed by atoms with Gasteiger partial charge in [-0.15, -0.1) is 0 Å². The molecule has 7 aromatic carbocycles. The molecule has 0 atom stereocenters. The van der Waals surface area contributed by atoms with Crippen molar-refractivity contribution in [2.24, 2.45) is 0 Å². The van der Waals surface area contributed by atoms with Gasteiger partial charge in [0.1, 0.15) is 5.82 Å². The lowest BCUT2D eigenvalue weighted by Crippen LogP contribution is -2.23. The van der Waals surface area contributed by atoms with Gasteiger partial charge in [-0.05, 0) is 62.2 Å². The van der Waals surface area contributed by atoms with Crippen molar-refractivity contribution in [3.8, 4) is 39.3 Å². The van der Waals surface area contributed by atoms with Crippen LogP contribution in [0.2, 0.25) is 0 Å². The second-order valence-electron chi connectivity index (χ2n) is 13.6. The van der Waals surface area contributed by atoms with Crippen LogP contribution < -0.4 is 0 Å². The van der Waals surface area contributed by atoms with E-state index in [-0.39, 0.29) is 5.41 Å². The summed E-state index contributed by atoms with van der Waals surface area (Å²) >= 11 is 0. The Kier molecular flexibility index (Phi) is 5.66. The van der Waals surface area contributed by atoms with Crippen molar-refractivity contribution in [2.45, 2.75) is 19.3 Å². The van der Waals surface area contributed by atoms with Crippen molar-refractivity contribution >= 4 is 43.4 Å². The molecule has 0 amide bonds. The molecule has 2 aromatic heterocycles. The van der Waals surface area contributed by atoms with Gasteiger partial charge in [0.15, 0.2) is 0 Å². The third-order valence-electron chi connectivity index (χ3n) is 10.5. The molecule has 0 fully saturated rings. The highest BCUT2D eigenvalue weighted by Crippen LogP contribution is 2.53. The first-order valence-electron chi connectivity index (χ1n) is 16.7. The van der Waals surface area contributed by atoms with Gasteiger partial charge in [-0.3, -0.25) is 4.57 Å². The fourth-order valence-electron chi connectivity index (χ4n) is 8.30. The topological polar surface area (TPSA) is 17.8 Å². The Balaban J connectivity index is 1.46. The van der Waals surface area contributed by atoms with Gasteiger partial charge in [0.25, 0.3) is 0 Å². The Morgan fingerprint density at radius 1 is 0.479 bits per heavy atom. The van der Waals surface area contributed by atoms with Crippen molar-refractivity contribution in [3.63, 3.8) is 0 Å². The molecule has 1 aliphatic rings. The molecule has 48 heavy (non-hydrogen) atoms. The Morgan fingerprint density at radius 2 is 1.17 bits per heavy atom. The number of aromatic nitrogens is 2. The second kappa shape index (κ2) is 10.0. The van der Waals surface area contributed by atoms with Crippen molar-refractivity contribution in [2.75, 3.05) is 0 Å². The zero-order valence-corrected chi connectivity index (χ0v) is 26.9. The fraction of sp³-hybridized carbons (Fsp3) is 0.0652. The van der Waals surface area contributed by atoms with Crippen LogP contribution in [0, 0.1) is 0 Å². The van der Waals surface area contributed by atoms with Crippen LogP contribution in [0.1, 0.15) is 25.0 Å². The molecule has 1 aliphatic carbocycles. The standard InChI is InChI=1S/C46H32N2/c1-46(2)38-22-12-11-21-36(38)43-42-32(19-13-23-39(42)46)26-37-35-25-24-30-16-9-10-20-34(30)44(35)48(45(37)43)41-28-33(29-14-5-3-6-15-29)27-40(47-41)31-17-7-4-8-18-31/h3-28H,1-2H3. The van der Waals surface area contributed by atoms with Crippen LogP contribution in [0.15, 0.2) is 158 Å². The summed E-state index contributed by atoms with van der Waals surface area (Å²) in [7, 11) is 0. The number of benzene rings is 7. The molecule has 0 bridgehead atoms. The van der Waals surface area contributed by atoms with E-state index in [1.807, 2.05) is 0 Å². The number of rotatable bonds is 3. The summed E-state index contributed by atoms with van der Waals surface area (Å²) in [4.78, 5) is 5.52. The molecule has 2 heterocycles. The van der Waals surface area contributed by atoms with Crippen molar-refractivity contribution in [3.05, 3.63) is 169 Å². The monoisotopic (exact) mass is 612 g/mol. The molecule has 0 saturated carbocycles. The molecule has 2 heteroatoms. The van der Waals surface area contributed by atoms with E-state index >= 15 is 0 Å². The Hall–Kier alpha value is -5.99. The van der Waals surface area contributed by atoms with Gasteiger partial charge in [0.2, 0.25) is 0 Å². The third-order valence-corrected chi connectivity index (χ3v) is 10.5. The van der Waals surface area contributed by atoms with E-state index in [0.717, 1.165) is 22.6 Å². The molecule has 9 aromatic rings. The Bertz CT molecular complexity index is 2680. The van der Waals surface area contributed by atoms with E-state index < -0.39 is 0 Å². The molecular formula is C46H32N2. The minimum Gasteiger partial charge on any atom is -0.292 e. The lowest BCUT2D eigenvalue weighted by atomic mass is 9.68. The Labute approximate surface area is 279 Å². The van der Waals surface area contributed by atoms with Crippen molar-refractivity contribution < 1.29 is 0 Å². The molecular weight excluding hydrogens is 581 g/mol. The maximum atomic E-state index is 5.52. The van der Waals surface area contributed by atoms with Crippen LogP contribution in [-0.2, 0) is 5.41 Å². The molecule has 10 rings (SSSR count). The van der Waals surface area contributed by atoms with Gasteiger partial charge in [-0.1, -0.05) is 153 Å². The van der Waals surface area contributed by atoms with E-state index in [1.54, 1.807) is 0 Å². The maximum Gasteiger partial charge on any atom is 0.138 e. The fourth-order valence-corrected chi connectivity index (χ4v) is 8.30. The quantitative estimate of drug-likeness (QED) is 0.194. The van der Waals surface area contributed by atoms with E-state index in [2.05, 4.69) is 176 Å². The SMILES string of the molecule is CC1(C)c2ccccc2-c2c3c1cccc3cc1c3ccc4ccccc4c3n(-c3cc(-c4ccccc4)cc(-c4ccccc4)n3)c21. The smallest absolute Gasteiger partial charge is 0.138 e. The lowest BCUT2D eigenvalue weighted by Gasteiger charge is -2.35. The average molecular weight is 613 g/mol. The minimum absolute atomic E-state index is 0.133. The summed E-state index contributed by atoms with van der Waals surface area (Å²) < 4.78 is 2.48.